The molecule has 5 heteroatoms. The van der Waals surface area contributed by atoms with Gasteiger partial charge in [0.05, 0.1) is 11.5 Å². The van der Waals surface area contributed by atoms with Crippen molar-refractivity contribution >= 4 is 39.0 Å². The number of hydrogen-bond acceptors (Lipinski definition) is 4. The van der Waals surface area contributed by atoms with Crippen LogP contribution in [-0.2, 0) is 4.74 Å². The van der Waals surface area contributed by atoms with E-state index in [2.05, 4.69) is 15.9 Å². The van der Waals surface area contributed by atoms with Crippen LogP contribution in [0.5, 0.6) is 0 Å². The van der Waals surface area contributed by atoms with Gasteiger partial charge in [0.15, 0.2) is 5.78 Å². The average Bonchev–Trinajstić information content (AvgIpc) is 2.79. The molecule has 1 aromatic heterocycles. The van der Waals surface area contributed by atoms with Crippen molar-refractivity contribution in [3.8, 4) is 0 Å². The van der Waals surface area contributed by atoms with Crippen LogP contribution in [-0.4, -0.2) is 23.7 Å². The molecule has 1 rings (SSSR count). The fourth-order valence-corrected chi connectivity index (χ4v) is 2.57. The molecule has 0 aliphatic heterocycles. The lowest BCUT2D eigenvalue weighted by Crippen LogP contribution is -2.01. The van der Waals surface area contributed by atoms with Gasteiger partial charge in [-0.3, -0.25) is 4.79 Å². The van der Waals surface area contributed by atoms with Crippen LogP contribution >= 0.6 is 27.3 Å². The minimum Gasteiger partial charge on any atom is -0.462 e. The molecule has 0 aliphatic rings. The Bertz CT molecular complexity index is 387. The summed E-state index contributed by atoms with van der Waals surface area (Å²) in [6, 6.07) is 3.35. The predicted octanol–water partition coefficient (Wildman–Crippen LogP) is 3.67. The van der Waals surface area contributed by atoms with Crippen LogP contribution in [0.15, 0.2) is 12.1 Å². The van der Waals surface area contributed by atoms with E-state index in [0.717, 1.165) is 18.2 Å². The Morgan fingerprint density at radius 3 is 2.65 bits per heavy atom. The number of thiophene rings is 1. The van der Waals surface area contributed by atoms with Crippen LogP contribution in [0.3, 0.4) is 0 Å². The highest BCUT2D eigenvalue weighted by Crippen LogP contribution is 2.20. The Morgan fingerprint density at radius 1 is 1.29 bits per heavy atom. The third-order valence-corrected chi connectivity index (χ3v) is 3.81. The normalized spacial score (nSPS) is 10.2. The van der Waals surface area contributed by atoms with Crippen molar-refractivity contribution in [2.75, 3.05) is 11.9 Å². The molecule has 0 saturated carbocycles. The van der Waals surface area contributed by atoms with Gasteiger partial charge in [-0.2, -0.15) is 0 Å². The molecule has 0 bridgehead atoms. The van der Waals surface area contributed by atoms with Crippen molar-refractivity contribution in [1.82, 2.24) is 0 Å². The van der Waals surface area contributed by atoms with E-state index < -0.39 is 0 Å². The molecule has 0 N–H and O–H groups in total. The SMILES string of the molecule is CCOC(=O)c1ccc(C(=O)CCCCBr)s1. The molecule has 0 saturated heterocycles. The first-order chi connectivity index (χ1) is 8.19. The van der Waals surface area contributed by atoms with Gasteiger partial charge in [0.25, 0.3) is 0 Å². The van der Waals surface area contributed by atoms with E-state index in [1.807, 2.05) is 0 Å². The first-order valence-corrected chi connectivity index (χ1v) is 7.49. The highest BCUT2D eigenvalue weighted by atomic mass is 79.9. The van der Waals surface area contributed by atoms with E-state index in [1.54, 1.807) is 19.1 Å². The van der Waals surface area contributed by atoms with Crippen LogP contribution in [0.2, 0.25) is 0 Å². The van der Waals surface area contributed by atoms with Crippen LogP contribution in [0.25, 0.3) is 0 Å². The number of ether oxygens (including phenoxy) is 1. The van der Waals surface area contributed by atoms with Crippen molar-refractivity contribution in [2.24, 2.45) is 0 Å². The number of halogens is 1. The lowest BCUT2D eigenvalue weighted by molar-refractivity contribution is 0.0532. The number of hydrogen-bond donors (Lipinski definition) is 0. The van der Waals surface area contributed by atoms with Crippen LogP contribution < -0.4 is 0 Å². The number of rotatable bonds is 7. The quantitative estimate of drug-likeness (QED) is 0.333. The fourth-order valence-electron chi connectivity index (χ4n) is 1.30. The Hall–Kier alpha value is -0.680. The lowest BCUT2D eigenvalue weighted by Gasteiger charge is -1.97. The minimum atomic E-state index is -0.350. The largest absolute Gasteiger partial charge is 0.462 e. The van der Waals surface area contributed by atoms with Crippen LogP contribution in [0.1, 0.15) is 45.5 Å². The third kappa shape index (κ3) is 4.60. The molecule has 94 valence electrons. The first kappa shape index (κ1) is 14.4. The molecule has 0 aliphatic carbocycles. The average molecular weight is 319 g/mol. The van der Waals surface area contributed by atoms with Gasteiger partial charge in [0.1, 0.15) is 4.88 Å². The highest BCUT2D eigenvalue weighted by molar-refractivity contribution is 9.09. The molecule has 17 heavy (non-hydrogen) atoms. The Morgan fingerprint density at radius 2 is 2.00 bits per heavy atom. The van der Waals surface area contributed by atoms with E-state index in [0.29, 0.717) is 22.8 Å². The van der Waals surface area contributed by atoms with Crippen LogP contribution in [0.4, 0.5) is 0 Å². The molecule has 0 spiro atoms. The molecule has 0 unspecified atom stereocenters. The number of Topliss-reactive ketones (excluding diaryl/α,β-unsaturated/α-hetero) is 1. The summed E-state index contributed by atoms with van der Waals surface area (Å²) >= 11 is 4.54. The lowest BCUT2D eigenvalue weighted by atomic mass is 10.1. The molecular weight excluding hydrogens is 304 g/mol. The topological polar surface area (TPSA) is 43.4 Å². The van der Waals surface area contributed by atoms with Crippen molar-refractivity contribution in [3.63, 3.8) is 0 Å². The number of carbonyl (C=O) groups excluding carboxylic acids is 2. The van der Waals surface area contributed by atoms with E-state index >= 15 is 0 Å². The van der Waals surface area contributed by atoms with Crippen molar-refractivity contribution in [2.45, 2.75) is 26.2 Å². The van der Waals surface area contributed by atoms with E-state index in [4.69, 9.17) is 4.74 Å². The van der Waals surface area contributed by atoms with Crippen molar-refractivity contribution in [1.29, 1.82) is 0 Å². The molecule has 0 aromatic carbocycles. The molecule has 0 fully saturated rings. The molecule has 0 radical (unpaired) electrons. The van der Waals surface area contributed by atoms with Gasteiger partial charge in [-0.15, -0.1) is 11.3 Å². The first-order valence-electron chi connectivity index (χ1n) is 5.55. The summed E-state index contributed by atoms with van der Waals surface area (Å²) in [5, 5.41) is 0.915. The molecule has 1 heterocycles. The van der Waals surface area contributed by atoms with Gasteiger partial charge in [0, 0.05) is 11.8 Å². The van der Waals surface area contributed by atoms with Gasteiger partial charge in [0.2, 0.25) is 0 Å². The highest BCUT2D eigenvalue weighted by Gasteiger charge is 2.13. The standard InChI is InChI=1S/C12H15BrO3S/c1-2-16-12(15)11-7-6-10(17-11)9(14)5-3-4-8-13/h6-7H,2-5,8H2,1H3. The zero-order valence-corrected chi connectivity index (χ0v) is 12.1. The maximum Gasteiger partial charge on any atom is 0.348 e. The summed E-state index contributed by atoms with van der Waals surface area (Å²) < 4.78 is 4.87. The predicted molar refractivity (Wildman–Crippen MR) is 72.3 cm³/mol. The number of carbonyl (C=O) groups is 2. The van der Waals surface area contributed by atoms with Crippen molar-refractivity contribution < 1.29 is 14.3 Å². The van der Waals surface area contributed by atoms with Gasteiger partial charge in [-0.05, 0) is 31.9 Å². The molecule has 0 amide bonds. The second-order valence-electron chi connectivity index (χ2n) is 3.45. The Balaban J connectivity index is 2.55. The van der Waals surface area contributed by atoms with E-state index in [1.165, 1.54) is 11.3 Å². The molecule has 3 nitrogen and oxygen atoms in total. The smallest absolute Gasteiger partial charge is 0.348 e. The van der Waals surface area contributed by atoms with E-state index in [9.17, 15) is 9.59 Å². The van der Waals surface area contributed by atoms with Gasteiger partial charge in [-0.1, -0.05) is 15.9 Å². The number of alkyl halides is 1. The summed E-state index contributed by atoms with van der Waals surface area (Å²) in [5.74, 6) is -0.247. The maximum absolute atomic E-state index is 11.8. The summed E-state index contributed by atoms with van der Waals surface area (Å²) in [7, 11) is 0. The van der Waals surface area contributed by atoms with Crippen molar-refractivity contribution in [3.05, 3.63) is 21.9 Å². The van der Waals surface area contributed by atoms with E-state index in [-0.39, 0.29) is 11.8 Å². The zero-order valence-electron chi connectivity index (χ0n) is 9.70. The number of esters is 1. The van der Waals surface area contributed by atoms with Crippen LogP contribution in [0, 0.1) is 0 Å². The fraction of sp³-hybridized carbons (Fsp3) is 0.500. The Kier molecular flexibility index (Phi) is 6.44. The Labute approximate surface area is 113 Å². The second-order valence-corrected chi connectivity index (χ2v) is 5.33. The van der Waals surface area contributed by atoms with Gasteiger partial charge < -0.3 is 4.74 Å². The monoisotopic (exact) mass is 318 g/mol. The molecular formula is C12H15BrO3S. The third-order valence-electron chi connectivity index (χ3n) is 2.14. The summed E-state index contributed by atoms with van der Waals surface area (Å²) in [6.45, 7) is 2.11. The maximum atomic E-state index is 11.8. The summed E-state index contributed by atoms with van der Waals surface area (Å²) in [5.41, 5.74) is 0. The number of ketones is 1. The van der Waals surface area contributed by atoms with Gasteiger partial charge in [-0.25, -0.2) is 4.79 Å². The summed E-state index contributed by atoms with van der Waals surface area (Å²) in [6.07, 6.45) is 2.40. The zero-order chi connectivity index (χ0) is 12.7. The molecule has 0 atom stereocenters. The van der Waals surface area contributed by atoms with Gasteiger partial charge >= 0.3 is 5.97 Å². The minimum absolute atomic E-state index is 0.103. The summed E-state index contributed by atoms with van der Waals surface area (Å²) in [4.78, 5) is 24.3. The number of unbranched alkanes of at least 4 members (excludes halogenated alkanes) is 1. The molecule has 1 aromatic rings. The second kappa shape index (κ2) is 7.61.